The third-order valence-electron chi connectivity index (χ3n) is 4.34. The Morgan fingerprint density at radius 3 is 2.88 bits per heavy atom. The van der Waals surface area contributed by atoms with Gasteiger partial charge in [-0.1, -0.05) is 12.1 Å². The van der Waals surface area contributed by atoms with Crippen LogP contribution in [0.3, 0.4) is 0 Å². The molecule has 1 aromatic heterocycles. The van der Waals surface area contributed by atoms with Crippen LogP contribution in [0, 0.1) is 6.92 Å². The largest absolute Gasteiger partial charge is 0.497 e. The summed E-state index contributed by atoms with van der Waals surface area (Å²) >= 11 is 1.64. The first kappa shape index (κ1) is 16.8. The number of ether oxygens (including phenoxy) is 1. The molecule has 1 aromatic carbocycles. The van der Waals surface area contributed by atoms with Gasteiger partial charge in [-0.3, -0.25) is 0 Å². The summed E-state index contributed by atoms with van der Waals surface area (Å²) in [6.45, 7) is 3.42. The monoisotopic (exact) mass is 345 g/mol. The number of methoxy groups -OCH3 is 1. The molecule has 1 aliphatic rings. The summed E-state index contributed by atoms with van der Waals surface area (Å²) in [5, 5.41) is 6.15. The lowest BCUT2D eigenvalue weighted by Gasteiger charge is -2.25. The normalized spacial score (nSPS) is 17.1. The molecule has 0 radical (unpaired) electrons. The third-order valence-corrected chi connectivity index (χ3v) is 5.16. The number of nitrogens with one attached hydrogen (secondary N) is 1. The zero-order valence-electron chi connectivity index (χ0n) is 14.1. The summed E-state index contributed by atoms with van der Waals surface area (Å²) in [5.74, 6) is 0.839. The first-order valence-electron chi connectivity index (χ1n) is 8.27. The van der Waals surface area contributed by atoms with E-state index < -0.39 is 0 Å². The summed E-state index contributed by atoms with van der Waals surface area (Å²) in [4.78, 5) is 18.9. The predicted molar refractivity (Wildman–Crippen MR) is 95.6 cm³/mol. The standard InChI is InChI=1S/C18H23N3O2S/c1-13-20-15(12-24-13)9-10-19-18(22)21-11-3-4-17(21)14-5-7-16(23-2)8-6-14/h5-8,12,17H,3-4,9-11H2,1-2H3,(H,19,22). The Kier molecular flexibility index (Phi) is 5.35. The van der Waals surface area contributed by atoms with E-state index in [0.717, 1.165) is 42.3 Å². The summed E-state index contributed by atoms with van der Waals surface area (Å²) in [6.07, 6.45) is 2.82. The summed E-state index contributed by atoms with van der Waals surface area (Å²) in [7, 11) is 1.66. The number of likely N-dealkylation sites (tertiary alicyclic amines) is 1. The van der Waals surface area contributed by atoms with E-state index >= 15 is 0 Å². The predicted octanol–water partition coefficient (Wildman–Crippen LogP) is 3.55. The molecule has 1 atom stereocenters. The Labute approximate surface area is 146 Å². The second-order valence-corrected chi connectivity index (χ2v) is 7.03. The molecule has 1 N–H and O–H groups in total. The van der Waals surface area contributed by atoms with Crippen molar-refractivity contribution in [3.05, 3.63) is 45.9 Å². The highest BCUT2D eigenvalue weighted by atomic mass is 32.1. The molecule has 0 bridgehead atoms. The van der Waals surface area contributed by atoms with Crippen molar-refractivity contribution in [1.29, 1.82) is 0 Å². The fraction of sp³-hybridized carbons (Fsp3) is 0.444. The number of carbonyl (C=O) groups excluding carboxylic acids is 1. The van der Waals surface area contributed by atoms with E-state index in [1.165, 1.54) is 5.56 Å². The number of aromatic nitrogens is 1. The van der Waals surface area contributed by atoms with Gasteiger partial charge >= 0.3 is 6.03 Å². The Morgan fingerprint density at radius 2 is 2.21 bits per heavy atom. The molecule has 0 spiro atoms. The van der Waals surface area contributed by atoms with E-state index in [-0.39, 0.29) is 12.1 Å². The van der Waals surface area contributed by atoms with Gasteiger partial charge in [0.1, 0.15) is 5.75 Å². The fourth-order valence-corrected chi connectivity index (χ4v) is 3.75. The van der Waals surface area contributed by atoms with Gasteiger partial charge < -0.3 is 15.0 Å². The highest BCUT2D eigenvalue weighted by Gasteiger charge is 2.29. The molecule has 3 rings (SSSR count). The molecule has 1 aliphatic heterocycles. The maximum absolute atomic E-state index is 12.5. The minimum absolute atomic E-state index is 0.0141. The van der Waals surface area contributed by atoms with Gasteiger partial charge in [0.25, 0.3) is 0 Å². The van der Waals surface area contributed by atoms with Gasteiger partial charge in [0.15, 0.2) is 0 Å². The second-order valence-electron chi connectivity index (χ2n) is 5.96. The van der Waals surface area contributed by atoms with Gasteiger partial charge in [0, 0.05) is 24.9 Å². The van der Waals surface area contributed by atoms with E-state index in [1.807, 2.05) is 36.1 Å². The van der Waals surface area contributed by atoms with Crippen molar-refractivity contribution >= 4 is 17.4 Å². The van der Waals surface area contributed by atoms with E-state index in [4.69, 9.17) is 4.74 Å². The van der Waals surface area contributed by atoms with E-state index in [0.29, 0.717) is 6.54 Å². The minimum atomic E-state index is 0.0141. The van der Waals surface area contributed by atoms with Crippen LogP contribution in [0.5, 0.6) is 5.75 Å². The molecule has 24 heavy (non-hydrogen) atoms. The lowest BCUT2D eigenvalue weighted by atomic mass is 10.0. The number of amides is 2. The molecule has 6 heteroatoms. The number of aryl methyl sites for hydroxylation is 1. The average molecular weight is 345 g/mol. The Hall–Kier alpha value is -2.08. The van der Waals surface area contributed by atoms with Gasteiger partial charge in [-0.25, -0.2) is 9.78 Å². The molecule has 2 heterocycles. The molecule has 1 fully saturated rings. The molecule has 2 aromatic rings. The van der Waals surface area contributed by atoms with Gasteiger partial charge in [-0.05, 0) is 37.5 Å². The number of hydrogen-bond acceptors (Lipinski definition) is 4. The lowest BCUT2D eigenvalue weighted by Crippen LogP contribution is -2.40. The van der Waals surface area contributed by atoms with E-state index in [1.54, 1.807) is 18.4 Å². The van der Waals surface area contributed by atoms with Gasteiger partial charge in [0.2, 0.25) is 0 Å². The molecular formula is C18H23N3O2S. The number of carbonyl (C=O) groups is 1. The van der Waals surface area contributed by atoms with Gasteiger partial charge in [0.05, 0.1) is 23.9 Å². The van der Waals surface area contributed by atoms with Crippen molar-refractivity contribution in [3.8, 4) is 5.75 Å². The first-order valence-corrected chi connectivity index (χ1v) is 9.15. The topological polar surface area (TPSA) is 54.5 Å². The van der Waals surface area contributed by atoms with Crippen LogP contribution in [0.15, 0.2) is 29.6 Å². The first-order chi connectivity index (χ1) is 11.7. The van der Waals surface area contributed by atoms with Gasteiger partial charge in [-0.15, -0.1) is 11.3 Å². The minimum Gasteiger partial charge on any atom is -0.497 e. The molecule has 5 nitrogen and oxygen atoms in total. The molecule has 0 saturated carbocycles. The Bertz CT molecular complexity index is 684. The molecule has 1 unspecified atom stereocenters. The molecule has 128 valence electrons. The second kappa shape index (κ2) is 7.66. The molecule has 0 aliphatic carbocycles. The Balaban J connectivity index is 1.56. The van der Waals surface area contributed by atoms with E-state index in [2.05, 4.69) is 15.7 Å². The molecule has 1 saturated heterocycles. The van der Waals surface area contributed by atoms with Crippen LogP contribution in [-0.2, 0) is 6.42 Å². The van der Waals surface area contributed by atoms with Crippen LogP contribution < -0.4 is 10.1 Å². The average Bonchev–Trinajstić information content (AvgIpc) is 3.24. The van der Waals surface area contributed by atoms with Crippen LogP contribution in [0.1, 0.15) is 35.1 Å². The highest BCUT2D eigenvalue weighted by molar-refractivity contribution is 7.09. The number of benzene rings is 1. The number of hydrogen-bond donors (Lipinski definition) is 1. The lowest BCUT2D eigenvalue weighted by molar-refractivity contribution is 0.193. The zero-order chi connectivity index (χ0) is 16.9. The van der Waals surface area contributed by atoms with Gasteiger partial charge in [-0.2, -0.15) is 0 Å². The summed E-state index contributed by atoms with van der Waals surface area (Å²) in [5.41, 5.74) is 2.21. The van der Waals surface area contributed by atoms with Crippen LogP contribution in [0.25, 0.3) is 0 Å². The third kappa shape index (κ3) is 3.87. The highest BCUT2D eigenvalue weighted by Crippen LogP contribution is 2.32. The fourth-order valence-electron chi connectivity index (χ4n) is 3.10. The van der Waals surface area contributed by atoms with E-state index in [9.17, 15) is 4.79 Å². The maximum atomic E-state index is 12.5. The van der Waals surface area contributed by atoms with Crippen LogP contribution in [0.2, 0.25) is 0 Å². The SMILES string of the molecule is COc1ccc(C2CCCN2C(=O)NCCc2csc(C)n2)cc1. The number of thiazole rings is 1. The number of rotatable bonds is 5. The van der Waals surface area contributed by atoms with Crippen LogP contribution in [-0.4, -0.2) is 36.1 Å². The van der Waals surface area contributed by atoms with Crippen LogP contribution in [0.4, 0.5) is 4.79 Å². The van der Waals surface area contributed by atoms with Crippen molar-refractivity contribution in [2.24, 2.45) is 0 Å². The zero-order valence-corrected chi connectivity index (χ0v) is 14.9. The maximum Gasteiger partial charge on any atom is 0.317 e. The van der Waals surface area contributed by atoms with Crippen molar-refractivity contribution < 1.29 is 9.53 Å². The van der Waals surface area contributed by atoms with Crippen LogP contribution >= 0.6 is 11.3 Å². The molecule has 2 amide bonds. The quantitative estimate of drug-likeness (QED) is 0.902. The smallest absolute Gasteiger partial charge is 0.317 e. The number of urea groups is 1. The van der Waals surface area contributed by atoms with Crippen molar-refractivity contribution in [2.75, 3.05) is 20.2 Å². The molecular weight excluding hydrogens is 322 g/mol. The van der Waals surface area contributed by atoms with Crippen molar-refractivity contribution in [3.63, 3.8) is 0 Å². The Morgan fingerprint density at radius 1 is 1.42 bits per heavy atom. The summed E-state index contributed by atoms with van der Waals surface area (Å²) < 4.78 is 5.21. The number of nitrogens with zero attached hydrogens (tertiary/aromatic N) is 2. The van der Waals surface area contributed by atoms with Crippen molar-refractivity contribution in [1.82, 2.24) is 15.2 Å². The van der Waals surface area contributed by atoms with Crippen molar-refractivity contribution in [2.45, 2.75) is 32.2 Å². The summed E-state index contributed by atoms with van der Waals surface area (Å²) in [6, 6.07) is 8.17.